The highest BCUT2D eigenvalue weighted by molar-refractivity contribution is 5.97. The smallest absolute Gasteiger partial charge is 0.340 e. The van der Waals surface area contributed by atoms with Crippen molar-refractivity contribution < 1.29 is 19.4 Å². The Labute approximate surface area is 242 Å². The number of nitrogens with one attached hydrogen (secondary N) is 1. The molecule has 0 amide bonds. The van der Waals surface area contributed by atoms with Crippen molar-refractivity contribution in [2.75, 3.05) is 30.4 Å². The number of phenols is 1. The molecule has 41 heavy (non-hydrogen) atoms. The normalized spacial score (nSPS) is 15.7. The summed E-state index contributed by atoms with van der Waals surface area (Å²) in [6.45, 7) is 6.20. The van der Waals surface area contributed by atoms with Gasteiger partial charge in [-0.1, -0.05) is 63.1 Å². The molecule has 1 aliphatic heterocycles. The molecule has 0 bridgehead atoms. The van der Waals surface area contributed by atoms with Gasteiger partial charge in [0, 0.05) is 52.9 Å². The van der Waals surface area contributed by atoms with E-state index in [-0.39, 0.29) is 5.75 Å². The minimum atomic E-state index is -1.41. The monoisotopic (exact) mass is 550 g/mol. The van der Waals surface area contributed by atoms with Crippen LogP contribution in [0.25, 0.3) is 0 Å². The highest BCUT2D eigenvalue weighted by Gasteiger charge is 2.51. The molecule has 0 saturated heterocycles. The number of hydrogen-bond donors (Lipinski definition) is 2. The molecule has 4 aromatic carbocycles. The van der Waals surface area contributed by atoms with E-state index in [1.807, 2.05) is 78.9 Å². The lowest BCUT2D eigenvalue weighted by Gasteiger charge is -2.33. The highest BCUT2D eigenvalue weighted by Crippen LogP contribution is 2.53. The third-order valence-electron chi connectivity index (χ3n) is 7.70. The number of aromatic hydroxyl groups is 1. The summed E-state index contributed by atoms with van der Waals surface area (Å²) in [4.78, 5) is 15.7. The van der Waals surface area contributed by atoms with Gasteiger partial charge in [0.15, 0.2) is 5.60 Å². The highest BCUT2D eigenvalue weighted by atomic mass is 16.6. The number of carbonyl (C=O) groups excluding carboxylic acids is 1. The lowest BCUT2D eigenvalue weighted by molar-refractivity contribution is 0.0239. The van der Waals surface area contributed by atoms with E-state index < -0.39 is 11.6 Å². The number of methoxy groups -OCH3 is 1. The van der Waals surface area contributed by atoms with Gasteiger partial charge in [-0.15, -0.1) is 0 Å². The summed E-state index contributed by atoms with van der Waals surface area (Å²) in [6, 6.07) is 28.7. The molecule has 0 saturated carbocycles. The van der Waals surface area contributed by atoms with Crippen molar-refractivity contribution in [1.82, 2.24) is 0 Å². The van der Waals surface area contributed by atoms with Crippen LogP contribution in [0.5, 0.6) is 11.5 Å². The Hall–Kier alpha value is -4.45. The van der Waals surface area contributed by atoms with E-state index in [9.17, 15) is 9.90 Å². The molecule has 4 aromatic rings. The van der Waals surface area contributed by atoms with Gasteiger partial charge in [0.1, 0.15) is 11.5 Å². The quantitative estimate of drug-likeness (QED) is 0.174. The lowest BCUT2D eigenvalue weighted by atomic mass is 9.78. The van der Waals surface area contributed by atoms with Gasteiger partial charge in [-0.3, -0.25) is 0 Å². The van der Waals surface area contributed by atoms with Gasteiger partial charge in [0.2, 0.25) is 0 Å². The van der Waals surface area contributed by atoms with Gasteiger partial charge in [0.05, 0.1) is 12.7 Å². The molecule has 2 N–H and O–H groups in total. The maximum atomic E-state index is 13.4. The minimum Gasteiger partial charge on any atom is -0.507 e. The Kier molecular flexibility index (Phi) is 8.48. The number of nitrogens with zero attached hydrogens (tertiary/aromatic N) is 1. The fourth-order valence-corrected chi connectivity index (χ4v) is 5.59. The van der Waals surface area contributed by atoms with Gasteiger partial charge >= 0.3 is 5.97 Å². The lowest BCUT2D eigenvalue weighted by Crippen LogP contribution is -2.31. The Morgan fingerprint density at radius 3 is 2.20 bits per heavy atom. The van der Waals surface area contributed by atoms with Crippen molar-refractivity contribution in [3.05, 3.63) is 113 Å². The van der Waals surface area contributed by atoms with Crippen LogP contribution in [-0.2, 0) is 10.3 Å². The first kappa shape index (κ1) is 28.1. The summed E-state index contributed by atoms with van der Waals surface area (Å²) in [7, 11) is 1.60. The van der Waals surface area contributed by atoms with Gasteiger partial charge in [0.25, 0.3) is 0 Å². The second kappa shape index (κ2) is 12.4. The maximum absolute atomic E-state index is 13.4. The van der Waals surface area contributed by atoms with Crippen molar-refractivity contribution in [2.24, 2.45) is 0 Å². The van der Waals surface area contributed by atoms with Crippen molar-refractivity contribution in [1.29, 1.82) is 0 Å². The molecule has 1 atom stereocenters. The van der Waals surface area contributed by atoms with E-state index in [1.165, 1.54) is 0 Å². The van der Waals surface area contributed by atoms with Crippen molar-refractivity contribution >= 4 is 23.0 Å². The first-order valence-corrected chi connectivity index (χ1v) is 14.4. The van der Waals surface area contributed by atoms with E-state index in [2.05, 4.69) is 24.1 Å². The van der Waals surface area contributed by atoms with Crippen molar-refractivity contribution in [2.45, 2.75) is 45.1 Å². The molecule has 5 rings (SSSR count). The Bertz CT molecular complexity index is 1500. The number of unbranched alkanes of at least 4 members (excludes halogenated alkanes) is 2. The molecule has 0 aliphatic carbocycles. The molecular weight excluding hydrogens is 512 g/mol. The zero-order valence-electron chi connectivity index (χ0n) is 24.0. The third-order valence-corrected chi connectivity index (χ3v) is 7.70. The predicted octanol–water partition coefficient (Wildman–Crippen LogP) is 8.01. The Morgan fingerprint density at radius 1 is 0.805 bits per heavy atom. The number of cyclic esters (lactones) is 1. The van der Waals surface area contributed by atoms with E-state index >= 15 is 0 Å². The van der Waals surface area contributed by atoms with Crippen LogP contribution >= 0.6 is 0 Å². The molecular formula is C35H38N2O4. The van der Waals surface area contributed by atoms with Crippen LogP contribution in [0.1, 0.15) is 66.6 Å². The summed E-state index contributed by atoms with van der Waals surface area (Å²) >= 11 is 0. The molecule has 0 aromatic heterocycles. The second-order valence-electron chi connectivity index (χ2n) is 10.4. The number of hydrogen-bond acceptors (Lipinski definition) is 6. The Morgan fingerprint density at radius 2 is 1.51 bits per heavy atom. The number of anilines is 3. The number of rotatable bonds is 12. The van der Waals surface area contributed by atoms with Gasteiger partial charge in [-0.2, -0.15) is 0 Å². The first-order valence-electron chi connectivity index (χ1n) is 14.4. The molecule has 1 unspecified atom stereocenters. The predicted molar refractivity (Wildman–Crippen MR) is 165 cm³/mol. The van der Waals surface area contributed by atoms with Crippen LogP contribution in [0.4, 0.5) is 17.1 Å². The summed E-state index contributed by atoms with van der Waals surface area (Å²) < 4.78 is 12.2. The van der Waals surface area contributed by atoms with E-state index in [1.54, 1.807) is 19.2 Å². The molecule has 212 valence electrons. The number of benzene rings is 4. The number of ether oxygens (including phenoxy) is 2. The average molecular weight is 551 g/mol. The van der Waals surface area contributed by atoms with Crippen LogP contribution < -0.4 is 15.0 Å². The second-order valence-corrected chi connectivity index (χ2v) is 10.4. The molecule has 0 fully saturated rings. The maximum Gasteiger partial charge on any atom is 0.340 e. The van der Waals surface area contributed by atoms with Crippen molar-refractivity contribution in [3.8, 4) is 11.5 Å². The zero-order chi connectivity index (χ0) is 28.8. The zero-order valence-corrected chi connectivity index (χ0v) is 24.0. The van der Waals surface area contributed by atoms with Crippen molar-refractivity contribution in [3.63, 3.8) is 0 Å². The largest absolute Gasteiger partial charge is 0.507 e. The van der Waals surface area contributed by atoms with E-state index in [0.717, 1.165) is 55.8 Å². The standard InChI is InChI=1S/C35H38N2O4/c1-4-6-21-37(22-7-5-2)27-18-19-30(32(38)24-27)35(29-16-12-11-15-28(29)34(39)41-35)31-23-26(17-20-33(31)40-3)36-25-13-9-8-10-14-25/h8-20,23-24,36,38H,4-7,21-22H2,1-3H3. The van der Waals surface area contributed by atoms with Crippen LogP contribution in [0.15, 0.2) is 91.0 Å². The molecule has 6 nitrogen and oxygen atoms in total. The van der Waals surface area contributed by atoms with Gasteiger partial charge in [-0.25, -0.2) is 4.79 Å². The topological polar surface area (TPSA) is 71.0 Å². The first-order chi connectivity index (χ1) is 20.0. The van der Waals surface area contributed by atoms with Crippen LogP contribution in [-0.4, -0.2) is 31.3 Å². The SMILES string of the molecule is CCCCN(CCCC)c1ccc(C2(c3cc(Nc4ccccc4)ccc3OC)OC(=O)c3ccccc32)c(O)c1. The van der Waals surface area contributed by atoms with Gasteiger partial charge < -0.3 is 24.8 Å². The molecule has 1 aliphatic rings. The summed E-state index contributed by atoms with van der Waals surface area (Å²) in [5, 5.41) is 15.1. The summed E-state index contributed by atoms with van der Waals surface area (Å²) in [6.07, 6.45) is 4.32. The fourth-order valence-electron chi connectivity index (χ4n) is 5.59. The molecule has 1 heterocycles. The molecule has 6 heteroatoms. The van der Waals surface area contributed by atoms with Gasteiger partial charge in [-0.05, 0) is 61.4 Å². The van der Waals surface area contributed by atoms with Crippen LogP contribution in [0, 0.1) is 0 Å². The fraction of sp³-hybridized carbons (Fsp3) is 0.286. The van der Waals surface area contributed by atoms with Crippen LogP contribution in [0.2, 0.25) is 0 Å². The Balaban J connectivity index is 1.68. The third kappa shape index (κ3) is 5.47. The number of fused-ring (bicyclic) bond motifs is 1. The summed E-state index contributed by atoms with van der Waals surface area (Å²) in [5.41, 5.74) is 3.50. The molecule has 0 spiro atoms. The number of phenolic OH excluding ortho intramolecular Hbond substituents is 1. The van der Waals surface area contributed by atoms with E-state index in [0.29, 0.717) is 28.0 Å². The minimum absolute atomic E-state index is 0.0634. The number of carbonyl (C=O) groups is 1. The van der Waals surface area contributed by atoms with E-state index in [4.69, 9.17) is 9.47 Å². The number of esters is 1. The average Bonchev–Trinajstić information content (AvgIpc) is 3.30. The summed E-state index contributed by atoms with van der Waals surface area (Å²) in [5.74, 6) is 0.164. The van der Waals surface area contributed by atoms with Crippen LogP contribution in [0.3, 0.4) is 0 Å². The molecule has 0 radical (unpaired) electrons. The number of para-hydroxylation sites is 1.